The standard InChI is InChI=1S/C6H5F6N/c7-3-1-2-4(8,13)6(11,12)5(3,9)10/h1-3H,13H2. The summed E-state index contributed by atoms with van der Waals surface area (Å²) in [7, 11) is 0. The maximum absolute atomic E-state index is 12.6. The normalized spacial score (nSPS) is 41.9. The minimum absolute atomic E-state index is 0.0165. The lowest BCUT2D eigenvalue weighted by atomic mass is 9.91. The minimum Gasteiger partial charge on any atom is -0.290 e. The number of allylic oxidation sites excluding steroid dienone is 1. The molecule has 7 heteroatoms. The Kier molecular flexibility index (Phi) is 1.91. The maximum Gasteiger partial charge on any atom is 0.363 e. The number of hydrogen-bond acceptors (Lipinski definition) is 1. The summed E-state index contributed by atoms with van der Waals surface area (Å²) >= 11 is 0. The fourth-order valence-electron chi connectivity index (χ4n) is 0.879. The van der Waals surface area contributed by atoms with Crippen molar-refractivity contribution in [2.75, 3.05) is 0 Å². The van der Waals surface area contributed by atoms with Crippen molar-refractivity contribution >= 4 is 0 Å². The molecule has 0 radical (unpaired) electrons. The van der Waals surface area contributed by atoms with Crippen LogP contribution in [0.1, 0.15) is 0 Å². The quantitative estimate of drug-likeness (QED) is 0.364. The van der Waals surface area contributed by atoms with Crippen molar-refractivity contribution in [3.8, 4) is 0 Å². The molecule has 0 bridgehead atoms. The van der Waals surface area contributed by atoms with Gasteiger partial charge in [0.15, 0.2) is 6.17 Å². The summed E-state index contributed by atoms with van der Waals surface area (Å²) in [5, 5.41) is 0. The summed E-state index contributed by atoms with van der Waals surface area (Å²) in [6, 6.07) is 0. The Hall–Kier alpha value is -0.720. The molecular weight excluding hydrogens is 200 g/mol. The molecule has 76 valence electrons. The van der Waals surface area contributed by atoms with Gasteiger partial charge in [-0.05, 0) is 12.2 Å². The summed E-state index contributed by atoms with van der Waals surface area (Å²) in [6.07, 6.45) is -3.35. The van der Waals surface area contributed by atoms with Crippen LogP contribution in [0.2, 0.25) is 0 Å². The van der Waals surface area contributed by atoms with Gasteiger partial charge < -0.3 is 0 Å². The van der Waals surface area contributed by atoms with Crippen LogP contribution in [-0.2, 0) is 0 Å². The van der Waals surface area contributed by atoms with Crippen molar-refractivity contribution in [2.24, 2.45) is 5.73 Å². The molecule has 2 N–H and O–H groups in total. The maximum atomic E-state index is 12.6. The first-order valence-electron chi connectivity index (χ1n) is 3.20. The SMILES string of the molecule is NC1(F)C=CC(F)C(F)(F)C1(F)F. The van der Waals surface area contributed by atoms with E-state index in [0.29, 0.717) is 0 Å². The lowest BCUT2D eigenvalue weighted by molar-refractivity contribution is -0.280. The van der Waals surface area contributed by atoms with E-state index in [1.54, 1.807) is 0 Å². The van der Waals surface area contributed by atoms with E-state index in [1.165, 1.54) is 0 Å². The zero-order valence-corrected chi connectivity index (χ0v) is 6.08. The fourth-order valence-corrected chi connectivity index (χ4v) is 0.879. The topological polar surface area (TPSA) is 26.0 Å². The van der Waals surface area contributed by atoms with Crippen molar-refractivity contribution < 1.29 is 26.3 Å². The molecule has 2 atom stereocenters. The van der Waals surface area contributed by atoms with Crippen molar-refractivity contribution in [3.63, 3.8) is 0 Å². The number of alkyl halides is 6. The van der Waals surface area contributed by atoms with Gasteiger partial charge in [-0.25, -0.2) is 8.78 Å². The van der Waals surface area contributed by atoms with E-state index in [9.17, 15) is 26.3 Å². The average molecular weight is 205 g/mol. The predicted molar refractivity (Wildman–Crippen MR) is 32.0 cm³/mol. The molecule has 1 nitrogen and oxygen atoms in total. The van der Waals surface area contributed by atoms with Gasteiger partial charge in [0.05, 0.1) is 0 Å². The molecule has 0 aromatic heterocycles. The molecule has 0 saturated heterocycles. The molecule has 0 amide bonds. The van der Waals surface area contributed by atoms with Gasteiger partial charge in [-0.1, -0.05) is 0 Å². The minimum atomic E-state index is -5.24. The van der Waals surface area contributed by atoms with E-state index >= 15 is 0 Å². The smallest absolute Gasteiger partial charge is 0.290 e. The Morgan fingerprint density at radius 2 is 1.54 bits per heavy atom. The molecule has 0 spiro atoms. The van der Waals surface area contributed by atoms with E-state index in [1.807, 2.05) is 0 Å². The van der Waals surface area contributed by atoms with Crippen LogP contribution in [0.5, 0.6) is 0 Å². The first-order valence-corrected chi connectivity index (χ1v) is 3.20. The first-order chi connectivity index (χ1) is 5.63. The van der Waals surface area contributed by atoms with Crippen LogP contribution in [0.15, 0.2) is 12.2 Å². The summed E-state index contributed by atoms with van der Waals surface area (Å²) < 4.78 is 74.6. The van der Waals surface area contributed by atoms with Crippen LogP contribution in [0.4, 0.5) is 26.3 Å². The van der Waals surface area contributed by atoms with Crippen molar-refractivity contribution in [2.45, 2.75) is 23.8 Å². The number of nitrogens with two attached hydrogens (primary N) is 1. The molecule has 1 aliphatic carbocycles. The van der Waals surface area contributed by atoms with Crippen molar-refractivity contribution in [1.82, 2.24) is 0 Å². The molecule has 2 unspecified atom stereocenters. The molecule has 0 aromatic rings. The van der Waals surface area contributed by atoms with Crippen LogP contribution in [0.25, 0.3) is 0 Å². The van der Waals surface area contributed by atoms with E-state index in [-0.39, 0.29) is 12.2 Å². The zero-order valence-electron chi connectivity index (χ0n) is 6.08. The molecule has 0 aliphatic heterocycles. The molecule has 13 heavy (non-hydrogen) atoms. The molecule has 0 heterocycles. The predicted octanol–water partition coefficient (Wildman–Crippen LogP) is 1.79. The summed E-state index contributed by atoms with van der Waals surface area (Å²) in [5.74, 6) is -14.4. The van der Waals surface area contributed by atoms with Crippen LogP contribution >= 0.6 is 0 Å². The highest BCUT2D eigenvalue weighted by molar-refractivity contribution is 5.21. The van der Waals surface area contributed by atoms with Crippen LogP contribution < -0.4 is 5.73 Å². The second-order valence-corrected chi connectivity index (χ2v) is 2.73. The second kappa shape index (κ2) is 2.40. The van der Waals surface area contributed by atoms with Crippen LogP contribution in [0.3, 0.4) is 0 Å². The lowest BCUT2D eigenvalue weighted by Crippen LogP contribution is -2.65. The Labute approximate surface area is 69.2 Å². The Morgan fingerprint density at radius 3 is 1.92 bits per heavy atom. The summed E-state index contributed by atoms with van der Waals surface area (Å²) in [5.41, 5.74) is 4.24. The molecule has 1 rings (SSSR count). The van der Waals surface area contributed by atoms with Gasteiger partial charge >= 0.3 is 11.8 Å². The third-order valence-electron chi connectivity index (χ3n) is 1.75. The van der Waals surface area contributed by atoms with E-state index in [0.717, 1.165) is 0 Å². The van der Waals surface area contributed by atoms with Gasteiger partial charge in [0.1, 0.15) is 0 Å². The number of rotatable bonds is 0. The van der Waals surface area contributed by atoms with Crippen LogP contribution in [-0.4, -0.2) is 23.8 Å². The van der Waals surface area contributed by atoms with Crippen molar-refractivity contribution in [3.05, 3.63) is 12.2 Å². The fraction of sp³-hybridized carbons (Fsp3) is 0.667. The third-order valence-corrected chi connectivity index (χ3v) is 1.75. The van der Waals surface area contributed by atoms with E-state index < -0.39 is 23.8 Å². The molecule has 1 aliphatic rings. The summed E-state index contributed by atoms with van der Waals surface area (Å²) in [4.78, 5) is 0. The highest BCUT2D eigenvalue weighted by atomic mass is 19.3. The van der Waals surface area contributed by atoms with Gasteiger partial charge in [0.2, 0.25) is 5.79 Å². The molecular formula is C6H5F6N. The van der Waals surface area contributed by atoms with Gasteiger partial charge in [-0.15, -0.1) is 0 Å². The molecule has 0 aromatic carbocycles. The van der Waals surface area contributed by atoms with E-state index in [2.05, 4.69) is 5.73 Å². The zero-order chi connectivity index (χ0) is 10.5. The lowest BCUT2D eigenvalue weighted by Gasteiger charge is -2.37. The Bertz CT molecular complexity index is 246. The monoisotopic (exact) mass is 205 g/mol. The van der Waals surface area contributed by atoms with Gasteiger partial charge in [-0.2, -0.15) is 17.6 Å². The Balaban J connectivity index is 3.22. The number of halogens is 6. The highest BCUT2D eigenvalue weighted by Crippen LogP contribution is 2.48. The third kappa shape index (κ3) is 1.13. The summed E-state index contributed by atoms with van der Waals surface area (Å²) in [6.45, 7) is 0. The average Bonchev–Trinajstić information content (AvgIpc) is 1.97. The van der Waals surface area contributed by atoms with Gasteiger partial charge in [0.25, 0.3) is 0 Å². The second-order valence-electron chi connectivity index (χ2n) is 2.73. The molecule has 0 saturated carbocycles. The van der Waals surface area contributed by atoms with Gasteiger partial charge in [0, 0.05) is 0 Å². The highest BCUT2D eigenvalue weighted by Gasteiger charge is 2.73. The first kappa shape index (κ1) is 10.4. The Morgan fingerprint density at radius 1 is 1.08 bits per heavy atom. The largest absolute Gasteiger partial charge is 0.363 e. The number of hydrogen-bond donors (Lipinski definition) is 1. The molecule has 0 fully saturated rings. The van der Waals surface area contributed by atoms with Gasteiger partial charge in [-0.3, -0.25) is 5.73 Å². The van der Waals surface area contributed by atoms with E-state index in [4.69, 9.17) is 0 Å². The van der Waals surface area contributed by atoms with Crippen molar-refractivity contribution in [1.29, 1.82) is 0 Å². The van der Waals surface area contributed by atoms with Crippen LogP contribution in [0, 0.1) is 0 Å².